The zero-order valence-corrected chi connectivity index (χ0v) is 14.4. The summed E-state index contributed by atoms with van der Waals surface area (Å²) in [6.07, 6.45) is 5.67. The molecule has 25 heavy (non-hydrogen) atoms. The summed E-state index contributed by atoms with van der Waals surface area (Å²) in [5, 5.41) is 8.59. The van der Waals surface area contributed by atoms with Gasteiger partial charge in [0, 0.05) is 25.1 Å². The van der Waals surface area contributed by atoms with Crippen molar-refractivity contribution in [3.05, 3.63) is 35.9 Å². The van der Waals surface area contributed by atoms with Gasteiger partial charge in [-0.1, -0.05) is 49.6 Å². The number of likely N-dealkylation sites (tertiary alicyclic amines) is 1. The molecule has 1 aromatic rings. The highest BCUT2D eigenvalue weighted by Crippen LogP contribution is 2.48. The third-order valence-corrected chi connectivity index (χ3v) is 5.65. The first-order chi connectivity index (χ1) is 12.1. The number of carbonyl (C=O) groups is 2. The van der Waals surface area contributed by atoms with Crippen LogP contribution in [0.3, 0.4) is 0 Å². The Bertz CT molecular complexity index is 699. The average molecular weight is 341 g/mol. The number of amides is 1. The van der Waals surface area contributed by atoms with Crippen molar-refractivity contribution >= 4 is 11.9 Å². The smallest absolute Gasteiger partial charge is 0.305 e. The fraction of sp³-hybridized carbons (Fsp3) is 0.579. The number of hydrogen-bond acceptors (Lipinski definition) is 5. The van der Waals surface area contributed by atoms with Crippen molar-refractivity contribution in [2.75, 3.05) is 6.54 Å². The van der Waals surface area contributed by atoms with Crippen LogP contribution in [0.5, 0.6) is 0 Å². The monoisotopic (exact) mass is 341 g/mol. The van der Waals surface area contributed by atoms with E-state index in [1.54, 1.807) is 0 Å². The summed E-state index contributed by atoms with van der Waals surface area (Å²) in [7, 11) is 0. The van der Waals surface area contributed by atoms with Crippen molar-refractivity contribution in [1.82, 2.24) is 4.90 Å². The number of azo groups is 1. The number of hydrogen-bond donors (Lipinski definition) is 0. The third kappa shape index (κ3) is 2.64. The van der Waals surface area contributed by atoms with Gasteiger partial charge in [-0.3, -0.25) is 9.59 Å². The van der Waals surface area contributed by atoms with Crippen molar-refractivity contribution in [3.63, 3.8) is 0 Å². The SMILES string of the molecule is CC(=O)O[C@@]1(c2ccccc2)N=N[C@@H]2C(=O)N(C3CCCCC3)C[C@@H]21. The Balaban J connectivity index is 1.67. The summed E-state index contributed by atoms with van der Waals surface area (Å²) in [4.78, 5) is 26.7. The Labute approximate surface area is 147 Å². The predicted octanol–water partition coefficient (Wildman–Crippen LogP) is 3.03. The maximum atomic E-state index is 12.9. The van der Waals surface area contributed by atoms with Crippen LogP contribution in [0, 0.1) is 5.92 Å². The van der Waals surface area contributed by atoms with E-state index in [0.29, 0.717) is 6.54 Å². The van der Waals surface area contributed by atoms with Crippen LogP contribution in [-0.2, 0) is 20.1 Å². The summed E-state index contributed by atoms with van der Waals surface area (Å²) >= 11 is 0. The van der Waals surface area contributed by atoms with Crippen LogP contribution in [0.15, 0.2) is 40.6 Å². The molecule has 3 atom stereocenters. The van der Waals surface area contributed by atoms with Gasteiger partial charge in [0.1, 0.15) is 0 Å². The molecule has 0 bridgehead atoms. The van der Waals surface area contributed by atoms with Gasteiger partial charge in [-0.15, -0.1) is 5.11 Å². The van der Waals surface area contributed by atoms with Gasteiger partial charge in [-0.2, -0.15) is 5.11 Å². The molecule has 0 aromatic heterocycles. The lowest BCUT2D eigenvalue weighted by Gasteiger charge is -2.34. The van der Waals surface area contributed by atoms with Gasteiger partial charge >= 0.3 is 5.97 Å². The number of nitrogens with zero attached hydrogens (tertiary/aromatic N) is 3. The molecule has 0 N–H and O–H groups in total. The molecule has 0 radical (unpaired) electrons. The molecule has 132 valence electrons. The molecule has 2 fully saturated rings. The Morgan fingerprint density at radius 3 is 2.60 bits per heavy atom. The van der Waals surface area contributed by atoms with Crippen molar-refractivity contribution in [3.8, 4) is 0 Å². The van der Waals surface area contributed by atoms with Crippen molar-refractivity contribution < 1.29 is 14.3 Å². The number of carbonyl (C=O) groups excluding carboxylic acids is 2. The number of esters is 1. The molecule has 6 nitrogen and oxygen atoms in total. The fourth-order valence-corrected chi connectivity index (χ4v) is 4.48. The van der Waals surface area contributed by atoms with Gasteiger partial charge in [0.25, 0.3) is 5.72 Å². The first-order valence-electron chi connectivity index (χ1n) is 9.09. The molecule has 2 heterocycles. The molecular weight excluding hydrogens is 318 g/mol. The summed E-state index contributed by atoms with van der Waals surface area (Å²) in [6.45, 7) is 1.92. The molecular formula is C19H23N3O3. The zero-order valence-electron chi connectivity index (χ0n) is 14.4. The van der Waals surface area contributed by atoms with E-state index in [4.69, 9.17) is 4.74 Å². The molecule has 4 rings (SSSR count). The van der Waals surface area contributed by atoms with E-state index in [2.05, 4.69) is 10.2 Å². The molecule has 0 spiro atoms. The zero-order chi connectivity index (χ0) is 17.4. The molecule has 1 saturated carbocycles. The minimum atomic E-state index is -1.18. The highest BCUT2D eigenvalue weighted by molar-refractivity contribution is 5.86. The van der Waals surface area contributed by atoms with E-state index >= 15 is 0 Å². The van der Waals surface area contributed by atoms with Crippen LogP contribution in [0.4, 0.5) is 0 Å². The molecule has 0 unspecified atom stereocenters. The van der Waals surface area contributed by atoms with E-state index in [9.17, 15) is 9.59 Å². The Morgan fingerprint density at radius 1 is 1.20 bits per heavy atom. The van der Waals surface area contributed by atoms with Crippen LogP contribution in [-0.4, -0.2) is 35.4 Å². The minimum Gasteiger partial charge on any atom is -0.431 e. The van der Waals surface area contributed by atoms with E-state index < -0.39 is 17.7 Å². The van der Waals surface area contributed by atoms with Gasteiger partial charge in [0.2, 0.25) is 5.91 Å². The van der Waals surface area contributed by atoms with Crippen LogP contribution in [0.1, 0.15) is 44.6 Å². The quantitative estimate of drug-likeness (QED) is 0.793. The molecule has 6 heteroatoms. The lowest BCUT2D eigenvalue weighted by Crippen LogP contribution is -2.41. The fourth-order valence-electron chi connectivity index (χ4n) is 4.48. The first-order valence-corrected chi connectivity index (χ1v) is 9.09. The van der Waals surface area contributed by atoms with Crippen LogP contribution >= 0.6 is 0 Å². The standard InChI is InChI=1S/C19H23N3O3/c1-13(23)25-19(14-8-4-2-5-9-14)16-12-22(15-10-6-3-7-11-15)18(24)17(16)20-21-19/h2,4-5,8-9,15-17H,3,6-7,10-12H2,1H3/t16-,17-,19+/m0/s1. The first kappa shape index (κ1) is 16.2. The molecule has 2 aliphatic heterocycles. The van der Waals surface area contributed by atoms with Crippen molar-refractivity contribution in [1.29, 1.82) is 0 Å². The molecule has 1 aliphatic carbocycles. The molecule has 1 aromatic carbocycles. The normalized spacial score (nSPS) is 32.0. The minimum absolute atomic E-state index is 0.0330. The molecule has 1 amide bonds. The largest absolute Gasteiger partial charge is 0.431 e. The predicted molar refractivity (Wildman–Crippen MR) is 90.6 cm³/mol. The number of fused-ring (bicyclic) bond motifs is 1. The number of benzene rings is 1. The third-order valence-electron chi connectivity index (χ3n) is 5.65. The number of ether oxygens (including phenoxy) is 1. The van der Waals surface area contributed by atoms with Crippen LogP contribution in [0.25, 0.3) is 0 Å². The molecule has 1 saturated heterocycles. The van der Waals surface area contributed by atoms with Crippen molar-refractivity contribution in [2.24, 2.45) is 16.1 Å². The van der Waals surface area contributed by atoms with Gasteiger partial charge < -0.3 is 9.64 Å². The number of rotatable bonds is 3. The second-order valence-corrected chi connectivity index (χ2v) is 7.21. The van der Waals surface area contributed by atoms with Gasteiger partial charge in [-0.25, -0.2) is 0 Å². The van der Waals surface area contributed by atoms with E-state index in [-0.39, 0.29) is 17.9 Å². The van der Waals surface area contributed by atoms with Crippen LogP contribution in [0.2, 0.25) is 0 Å². The second kappa shape index (κ2) is 6.24. The lowest BCUT2D eigenvalue weighted by molar-refractivity contribution is -0.162. The molecule has 3 aliphatic rings. The van der Waals surface area contributed by atoms with Gasteiger partial charge in [0.05, 0.1) is 5.92 Å². The summed E-state index contributed by atoms with van der Waals surface area (Å²) in [5.74, 6) is -0.633. The highest BCUT2D eigenvalue weighted by atomic mass is 16.6. The van der Waals surface area contributed by atoms with Gasteiger partial charge in [-0.05, 0) is 12.8 Å². The Morgan fingerprint density at radius 2 is 1.92 bits per heavy atom. The van der Waals surface area contributed by atoms with Gasteiger partial charge in [0.15, 0.2) is 6.04 Å². The highest BCUT2D eigenvalue weighted by Gasteiger charge is 2.60. The van der Waals surface area contributed by atoms with Crippen molar-refractivity contribution in [2.45, 2.75) is 56.8 Å². The second-order valence-electron chi connectivity index (χ2n) is 7.21. The summed E-state index contributed by atoms with van der Waals surface area (Å²) < 4.78 is 5.70. The Kier molecular flexibility index (Phi) is 4.06. The maximum Gasteiger partial charge on any atom is 0.305 e. The van der Waals surface area contributed by atoms with E-state index in [0.717, 1.165) is 18.4 Å². The summed E-state index contributed by atoms with van der Waals surface area (Å²) in [6, 6.07) is 9.20. The Hall–Kier alpha value is -2.24. The maximum absolute atomic E-state index is 12.9. The van der Waals surface area contributed by atoms with E-state index in [1.807, 2.05) is 35.2 Å². The topological polar surface area (TPSA) is 71.3 Å². The summed E-state index contributed by atoms with van der Waals surface area (Å²) in [5.41, 5.74) is -0.406. The van der Waals surface area contributed by atoms with Crippen LogP contribution < -0.4 is 0 Å². The van der Waals surface area contributed by atoms with E-state index in [1.165, 1.54) is 26.2 Å². The lowest BCUT2D eigenvalue weighted by atomic mass is 9.87. The average Bonchev–Trinajstić information content (AvgIpc) is 3.15.